The number of aliphatic imine (C=N–C) groups is 1. The van der Waals surface area contributed by atoms with Crippen molar-refractivity contribution in [3.63, 3.8) is 0 Å². The number of ether oxygens (including phenoxy) is 2. The van der Waals surface area contributed by atoms with Gasteiger partial charge in [0.05, 0.1) is 19.7 Å². The zero-order valence-electron chi connectivity index (χ0n) is 18.5. The number of methoxy groups -OCH3 is 1. The fraction of sp³-hybridized carbons (Fsp3) is 0.571. The molecule has 0 bridgehead atoms. The van der Waals surface area contributed by atoms with Crippen LogP contribution >= 0.6 is 24.0 Å². The molecule has 0 spiro atoms. The van der Waals surface area contributed by atoms with Crippen molar-refractivity contribution >= 4 is 41.9 Å². The molecule has 1 fully saturated rings. The molecule has 1 aromatic rings. The van der Waals surface area contributed by atoms with Crippen molar-refractivity contribution in [3.8, 4) is 5.75 Å². The highest BCUT2D eigenvalue weighted by Gasteiger charge is 2.36. The maximum atomic E-state index is 12.3. The van der Waals surface area contributed by atoms with E-state index >= 15 is 0 Å². The molecular weight excluding hydrogens is 513 g/mol. The van der Waals surface area contributed by atoms with Crippen LogP contribution in [0.1, 0.15) is 31.1 Å². The molecule has 1 saturated heterocycles. The summed E-state index contributed by atoms with van der Waals surface area (Å²) in [6, 6.07) is 7.20. The van der Waals surface area contributed by atoms with E-state index in [0.717, 1.165) is 5.96 Å². The number of hydrogen-bond acceptors (Lipinski definition) is 7. The van der Waals surface area contributed by atoms with Crippen LogP contribution in [0, 0.1) is 0 Å². The van der Waals surface area contributed by atoms with E-state index in [2.05, 4.69) is 20.5 Å². The van der Waals surface area contributed by atoms with Crippen LogP contribution in [0.5, 0.6) is 5.75 Å². The summed E-state index contributed by atoms with van der Waals surface area (Å²) in [4.78, 5) is 33.1. The number of guanidine groups is 1. The first kappa shape index (κ1) is 25.0. The van der Waals surface area contributed by atoms with Crippen LogP contribution in [-0.2, 0) is 4.74 Å². The molecule has 10 heteroatoms. The Kier molecular flexibility index (Phi) is 8.78. The number of piperazine rings is 1. The predicted octanol–water partition coefficient (Wildman–Crippen LogP) is 1.92. The third-order valence-electron chi connectivity index (χ3n) is 4.88. The smallest absolute Gasteiger partial charge is 0.410 e. The number of nitrogens with one attached hydrogen (secondary N) is 2. The molecule has 2 aliphatic heterocycles. The van der Waals surface area contributed by atoms with E-state index in [1.165, 1.54) is 0 Å². The number of rotatable bonds is 5. The normalized spacial score (nSPS) is 17.8. The molecular formula is C21H32IN5O4. The van der Waals surface area contributed by atoms with Crippen molar-refractivity contribution in [2.24, 2.45) is 4.99 Å². The Morgan fingerprint density at radius 2 is 2.00 bits per heavy atom. The number of fused-ring (bicyclic) bond motifs is 1. The monoisotopic (exact) mass is 545 g/mol. The zero-order valence-corrected chi connectivity index (χ0v) is 20.8. The first-order chi connectivity index (χ1) is 14.3. The van der Waals surface area contributed by atoms with Gasteiger partial charge in [-0.2, -0.15) is 0 Å². The Hall–Kier alpha value is -2.24. The third-order valence-corrected chi connectivity index (χ3v) is 4.88. The van der Waals surface area contributed by atoms with Crippen LogP contribution in [0.4, 0.5) is 4.79 Å². The number of carbonyl (C=O) groups excluding carboxylic acids is 2. The van der Waals surface area contributed by atoms with Crippen molar-refractivity contribution in [1.82, 2.24) is 20.4 Å². The molecule has 0 aliphatic carbocycles. The molecule has 172 valence electrons. The van der Waals surface area contributed by atoms with Gasteiger partial charge in [0.2, 0.25) is 0 Å². The number of carbonyl (C=O) groups is 2. The van der Waals surface area contributed by atoms with Gasteiger partial charge in [0.25, 0.3) is 5.91 Å². The summed E-state index contributed by atoms with van der Waals surface area (Å²) in [7, 11) is 1.57. The van der Waals surface area contributed by atoms with Crippen LogP contribution < -0.4 is 15.4 Å². The topological polar surface area (TPSA) is 95.5 Å². The van der Waals surface area contributed by atoms with Crippen LogP contribution in [-0.4, -0.2) is 85.8 Å². The maximum absolute atomic E-state index is 12.3. The van der Waals surface area contributed by atoms with E-state index in [1.807, 2.05) is 20.8 Å². The molecule has 1 atom stereocenters. The van der Waals surface area contributed by atoms with Gasteiger partial charge in [-0.25, -0.2) is 4.79 Å². The lowest BCUT2D eigenvalue weighted by Gasteiger charge is -2.39. The lowest BCUT2D eigenvalue weighted by molar-refractivity contribution is 0.0137. The first-order valence-electron chi connectivity index (χ1n) is 10.2. The number of amides is 2. The minimum absolute atomic E-state index is 0. The summed E-state index contributed by atoms with van der Waals surface area (Å²) < 4.78 is 10.6. The molecule has 2 heterocycles. The van der Waals surface area contributed by atoms with Crippen molar-refractivity contribution < 1.29 is 19.1 Å². The van der Waals surface area contributed by atoms with Gasteiger partial charge < -0.3 is 29.9 Å². The lowest BCUT2D eigenvalue weighted by atomic mass is 10.2. The van der Waals surface area contributed by atoms with Crippen molar-refractivity contribution in [3.05, 3.63) is 29.8 Å². The number of halogens is 1. The van der Waals surface area contributed by atoms with Crippen LogP contribution in [0.15, 0.2) is 29.3 Å². The highest BCUT2D eigenvalue weighted by Crippen LogP contribution is 2.18. The fourth-order valence-corrected chi connectivity index (χ4v) is 3.44. The van der Waals surface area contributed by atoms with Crippen molar-refractivity contribution in [2.45, 2.75) is 32.4 Å². The van der Waals surface area contributed by atoms with Gasteiger partial charge in [-0.1, -0.05) is 6.07 Å². The highest BCUT2D eigenvalue weighted by molar-refractivity contribution is 14.0. The molecule has 2 N–H and O–H groups in total. The second kappa shape index (κ2) is 10.9. The van der Waals surface area contributed by atoms with E-state index in [0.29, 0.717) is 50.6 Å². The Bertz CT molecular complexity index is 811. The first-order valence-corrected chi connectivity index (χ1v) is 10.2. The third kappa shape index (κ3) is 6.88. The van der Waals surface area contributed by atoms with Crippen LogP contribution in [0.3, 0.4) is 0 Å². The van der Waals surface area contributed by atoms with Gasteiger partial charge in [0.15, 0.2) is 5.96 Å². The molecule has 0 radical (unpaired) electrons. The van der Waals surface area contributed by atoms with E-state index in [9.17, 15) is 9.59 Å². The number of nitrogens with zero attached hydrogens (tertiary/aromatic N) is 3. The summed E-state index contributed by atoms with van der Waals surface area (Å²) in [5.74, 6) is 1.32. The molecule has 1 aromatic carbocycles. The van der Waals surface area contributed by atoms with E-state index in [-0.39, 0.29) is 42.0 Å². The van der Waals surface area contributed by atoms with E-state index < -0.39 is 5.60 Å². The van der Waals surface area contributed by atoms with Gasteiger partial charge in [-0.3, -0.25) is 9.79 Å². The van der Waals surface area contributed by atoms with Gasteiger partial charge in [0, 0.05) is 38.3 Å². The second-order valence-electron chi connectivity index (χ2n) is 8.35. The molecule has 1 unspecified atom stereocenters. The van der Waals surface area contributed by atoms with Crippen molar-refractivity contribution in [1.29, 1.82) is 0 Å². The van der Waals surface area contributed by atoms with Crippen LogP contribution in [0.2, 0.25) is 0 Å². The molecule has 31 heavy (non-hydrogen) atoms. The average molecular weight is 545 g/mol. The fourth-order valence-electron chi connectivity index (χ4n) is 3.44. The maximum Gasteiger partial charge on any atom is 0.410 e. The predicted molar refractivity (Wildman–Crippen MR) is 129 cm³/mol. The Labute approximate surface area is 200 Å². The Balaban J connectivity index is 0.00000341. The Morgan fingerprint density at radius 3 is 2.71 bits per heavy atom. The van der Waals surface area contributed by atoms with Gasteiger partial charge in [0.1, 0.15) is 11.4 Å². The number of hydrogen-bond donors (Lipinski definition) is 2. The quantitative estimate of drug-likeness (QED) is 0.434. The SMILES string of the molecule is COc1cccc(C(=O)NCCNC2=NCC3CN(C(=O)OC(C)(C)C)CCN23)c1.I. The Morgan fingerprint density at radius 1 is 1.23 bits per heavy atom. The minimum Gasteiger partial charge on any atom is -0.497 e. The second-order valence-corrected chi connectivity index (χ2v) is 8.35. The summed E-state index contributed by atoms with van der Waals surface area (Å²) in [6.45, 7) is 9.17. The number of benzene rings is 1. The summed E-state index contributed by atoms with van der Waals surface area (Å²) in [5.41, 5.74) is 0.0634. The molecule has 0 aromatic heterocycles. The van der Waals surface area contributed by atoms with E-state index in [4.69, 9.17) is 9.47 Å². The van der Waals surface area contributed by atoms with Crippen molar-refractivity contribution in [2.75, 3.05) is 46.4 Å². The van der Waals surface area contributed by atoms with Gasteiger partial charge in [-0.15, -0.1) is 24.0 Å². The van der Waals surface area contributed by atoms with Gasteiger partial charge in [-0.05, 0) is 39.0 Å². The zero-order chi connectivity index (χ0) is 21.7. The molecule has 9 nitrogen and oxygen atoms in total. The lowest BCUT2D eigenvalue weighted by Crippen LogP contribution is -2.57. The standard InChI is InChI=1S/C21H31N5O4.HI/c1-21(2,3)30-20(28)25-10-11-26-16(14-25)13-24-19(26)23-9-8-22-18(27)15-6-5-7-17(12-15)29-4;/h5-7,12,16H,8-11,13-14H2,1-4H3,(H,22,27)(H,23,24);1H. The highest BCUT2D eigenvalue weighted by atomic mass is 127. The molecule has 0 saturated carbocycles. The average Bonchev–Trinajstić information content (AvgIpc) is 3.12. The molecule has 3 rings (SSSR count). The largest absolute Gasteiger partial charge is 0.497 e. The van der Waals surface area contributed by atoms with E-state index in [1.54, 1.807) is 36.3 Å². The van der Waals surface area contributed by atoms with Gasteiger partial charge >= 0.3 is 6.09 Å². The van der Waals surface area contributed by atoms with Crippen LogP contribution in [0.25, 0.3) is 0 Å². The molecule has 2 amide bonds. The summed E-state index contributed by atoms with van der Waals surface area (Å²) in [6.07, 6.45) is -0.274. The summed E-state index contributed by atoms with van der Waals surface area (Å²) in [5, 5.41) is 6.18. The molecule has 2 aliphatic rings. The summed E-state index contributed by atoms with van der Waals surface area (Å²) >= 11 is 0. The minimum atomic E-state index is -0.498.